The van der Waals surface area contributed by atoms with E-state index in [2.05, 4.69) is 0 Å². The molecule has 2 aliphatic rings. The number of esters is 1. The summed E-state index contributed by atoms with van der Waals surface area (Å²) in [6.45, 7) is 3.80. The van der Waals surface area contributed by atoms with Gasteiger partial charge in [-0.3, -0.25) is 0 Å². The Morgan fingerprint density at radius 2 is 1.65 bits per heavy atom. The van der Waals surface area contributed by atoms with E-state index in [0.717, 1.165) is 50.0 Å². The normalized spacial score (nSPS) is 17.3. The van der Waals surface area contributed by atoms with Crippen molar-refractivity contribution in [2.24, 2.45) is 0 Å². The molecule has 2 aliphatic carbocycles. The van der Waals surface area contributed by atoms with Crippen LogP contribution in [0.2, 0.25) is 0 Å². The van der Waals surface area contributed by atoms with Crippen LogP contribution >= 0.6 is 0 Å². The molecule has 0 aromatic rings. The Bertz CT molecular complexity index is 429. The monoisotopic (exact) mass is 278 g/mol. The number of hydrogen-bond acceptors (Lipinski definition) is 4. The highest BCUT2D eigenvalue weighted by Crippen LogP contribution is 2.28. The van der Waals surface area contributed by atoms with Crippen molar-refractivity contribution < 1.29 is 19.0 Å². The molecule has 0 saturated heterocycles. The van der Waals surface area contributed by atoms with Gasteiger partial charge in [-0.05, 0) is 51.7 Å². The van der Waals surface area contributed by atoms with Gasteiger partial charge in [0.1, 0.15) is 17.1 Å². The van der Waals surface area contributed by atoms with E-state index in [0.29, 0.717) is 12.2 Å². The molecule has 0 radical (unpaired) electrons. The standard InChI is InChI=1S/C16H22O4/c1-3-18-15(17)12(2)16(19-13-8-4-5-9-13)20-14-10-6-7-11-14/h8,10H,3-7,9,11H2,1-2H3. The summed E-state index contributed by atoms with van der Waals surface area (Å²) in [6, 6.07) is 0. The average molecular weight is 278 g/mol. The first-order valence-electron chi connectivity index (χ1n) is 7.32. The minimum atomic E-state index is -0.389. The molecule has 0 unspecified atom stereocenters. The number of rotatable bonds is 6. The van der Waals surface area contributed by atoms with Crippen LogP contribution < -0.4 is 0 Å². The maximum atomic E-state index is 11.9. The Balaban J connectivity index is 2.12. The summed E-state index contributed by atoms with van der Waals surface area (Å²) in [4.78, 5) is 11.9. The molecule has 110 valence electrons. The van der Waals surface area contributed by atoms with Gasteiger partial charge in [0.25, 0.3) is 5.95 Å². The summed E-state index contributed by atoms with van der Waals surface area (Å²) in [5.41, 5.74) is 0.382. The number of carbonyl (C=O) groups is 1. The Morgan fingerprint density at radius 3 is 2.05 bits per heavy atom. The molecule has 0 aromatic carbocycles. The number of carbonyl (C=O) groups excluding carboxylic acids is 1. The van der Waals surface area contributed by atoms with Gasteiger partial charge in [0.15, 0.2) is 0 Å². The molecule has 0 saturated carbocycles. The number of ether oxygens (including phenoxy) is 3. The van der Waals surface area contributed by atoms with E-state index in [1.165, 1.54) is 0 Å². The zero-order valence-corrected chi connectivity index (χ0v) is 12.2. The third-order valence-corrected chi connectivity index (χ3v) is 3.33. The van der Waals surface area contributed by atoms with Crippen molar-refractivity contribution in [1.82, 2.24) is 0 Å². The Hall–Kier alpha value is -1.71. The molecule has 4 nitrogen and oxygen atoms in total. The van der Waals surface area contributed by atoms with Gasteiger partial charge in [-0.15, -0.1) is 0 Å². The van der Waals surface area contributed by atoms with Crippen molar-refractivity contribution >= 4 is 5.97 Å². The SMILES string of the molecule is CCOC(=O)C(C)=C(OC1=CCCC1)OC1=CCCC1. The van der Waals surface area contributed by atoms with Gasteiger partial charge in [0.2, 0.25) is 0 Å². The van der Waals surface area contributed by atoms with Crippen LogP contribution in [0.25, 0.3) is 0 Å². The highest BCUT2D eigenvalue weighted by molar-refractivity contribution is 5.88. The van der Waals surface area contributed by atoms with Crippen molar-refractivity contribution in [3.8, 4) is 0 Å². The van der Waals surface area contributed by atoms with Crippen LogP contribution in [0.15, 0.2) is 35.2 Å². The second-order valence-corrected chi connectivity index (χ2v) is 4.96. The van der Waals surface area contributed by atoms with Crippen molar-refractivity contribution in [2.45, 2.75) is 52.4 Å². The minimum absolute atomic E-state index is 0.268. The predicted octanol–water partition coefficient (Wildman–Crippen LogP) is 3.95. The highest BCUT2D eigenvalue weighted by atomic mass is 16.7. The lowest BCUT2D eigenvalue weighted by Gasteiger charge is -2.15. The van der Waals surface area contributed by atoms with Gasteiger partial charge >= 0.3 is 5.97 Å². The summed E-state index contributed by atoms with van der Waals surface area (Å²) in [6.07, 6.45) is 10.1. The topological polar surface area (TPSA) is 44.8 Å². The van der Waals surface area contributed by atoms with Crippen molar-refractivity contribution in [3.63, 3.8) is 0 Å². The number of hydrogen-bond donors (Lipinski definition) is 0. The Labute approximate surface area is 120 Å². The van der Waals surface area contributed by atoms with Gasteiger partial charge in [-0.2, -0.15) is 0 Å². The maximum absolute atomic E-state index is 11.9. The van der Waals surface area contributed by atoms with Gasteiger partial charge in [-0.1, -0.05) is 0 Å². The molecule has 0 atom stereocenters. The third-order valence-electron chi connectivity index (χ3n) is 3.33. The lowest BCUT2D eigenvalue weighted by atomic mass is 10.3. The van der Waals surface area contributed by atoms with E-state index in [9.17, 15) is 4.79 Å². The lowest BCUT2D eigenvalue weighted by Crippen LogP contribution is -2.11. The molecule has 4 heteroatoms. The third kappa shape index (κ3) is 3.89. The van der Waals surface area contributed by atoms with Crippen molar-refractivity contribution in [2.75, 3.05) is 6.61 Å². The van der Waals surface area contributed by atoms with Gasteiger partial charge < -0.3 is 14.2 Å². The zero-order valence-electron chi connectivity index (χ0n) is 12.2. The maximum Gasteiger partial charge on any atom is 0.340 e. The molecule has 0 fully saturated rings. The Kier molecular flexibility index (Phi) is 5.27. The quantitative estimate of drug-likeness (QED) is 0.419. The van der Waals surface area contributed by atoms with Gasteiger partial charge in [0, 0.05) is 12.8 Å². The van der Waals surface area contributed by atoms with Crippen LogP contribution in [-0.4, -0.2) is 12.6 Å². The van der Waals surface area contributed by atoms with Crippen molar-refractivity contribution in [1.29, 1.82) is 0 Å². The summed E-state index contributed by atoms with van der Waals surface area (Å²) in [5, 5.41) is 0. The first-order valence-corrected chi connectivity index (χ1v) is 7.32. The van der Waals surface area contributed by atoms with Gasteiger partial charge in [0.05, 0.1) is 6.61 Å². The summed E-state index contributed by atoms with van der Waals surface area (Å²) >= 11 is 0. The first-order chi connectivity index (χ1) is 9.70. The molecule has 0 heterocycles. The molecule has 2 rings (SSSR count). The van der Waals surface area contributed by atoms with Crippen molar-refractivity contribution in [3.05, 3.63) is 35.2 Å². The highest BCUT2D eigenvalue weighted by Gasteiger charge is 2.20. The van der Waals surface area contributed by atoms with Crippen LogP contribution in [0.5, 0.6) is 0 Å². The molecular weight excluding hydrogens is 256 g/mol. The van der Waals surface area contributed by atoms with Crippen LogP contribution in [-0.2, 0) is 19.0 Å². The molecule has 0 aliphatic heterocycles. The molecule has 0 N–H and O–H groups in total. The van der Waals surface area contributed by atoms with E-state index in [-0.39, 0.29) is 11.9 Å². The van der Waals surface area contributed by atoms with Crippen LogP contribution in [0.1, 0.15) is 52.4 Å². The molecule has 0 aromatic heterocycles. The van der Waals surface area contributed by atoms with E-state index in [4.69, 9.17) is 14.2 Å². The van der Waals surface area contributed by atoms with E-state index >= 15 is 0 Å². The van der Waals surface area contributed by atoms with Crippen LogP contribution in [0, 0.1) is 0 Å². The largest absolute Gasteiger partial charge is 0.462 e. The van der Waals surface area contributed by atoms with E-state index in [1.54, 1.807) is 13.8 Å². The predicted molar refractivity (Wildman–Crippen MR) is 75.4 cm³/mol. The molecule has 0 amide bonds. The molecule has 20 heavy (non-hydrogen) atoms. The average Bonchev–Trinajstić information content (AvgIpc) is 3.10. The van der Waals surface area contributed by atoms with Crippen LogP contribution in [0.3, 0.4) is 0 Å². The van der Waals surface area contributed by atoms with E-state index in [1.807, 2.05) is 12.2 Å². The minimum Gasteiger partial charge on any atom is -0.462 e. The fourth-order valence-corrected chi connectivity index (χ4v) is 2.20. The lowest BCUT2D eigenvalue weighted by molar-refractivity contribution is -0.139. The molecule has 0 bridgehead atoms. The Morgan fingerprint density at radius 1 is 1.10 bits per heavy atom. The summed E-state index contributed by atoms with van der Waals surface area (Å²) in [5.74, 6) is 1.63. The zero-order chi connectivity index (χ0) is 14.4. The molecule has 0 spiro atoms. The number of allylic oxidation sites excluding steroid dienone is 4. The van der Waals surface area contributed by atoms with E-state index < -0.39 is 0 Å². The van der Waals surface area contributed by atoms with Gasteiger partial charge in [-0.25, -0.2) is 4.79 Å². The summed E-state index contributed by atoms with van der Waals surface area (Å²) < 4.78 is 16.6. The first kappa shape index (κ1) is 14.7. The molecular formula is C16H22O4. The van der Waals surface area contributed by atoms with Crippen LogP contribution in [0.4, 0.5) is 0 Å². The second-order valence-electron chi connectivity index (χ2n) is 4.96. The second kappa shape index (κ2) is 7.17. The fraction of sp³-hybridized carbons (Fsp3) is 0.562. The smallest absolute Gasteiger partial charge is 0.340 e. The fourth-order valence-electron chi connectivity index (χ4n) is 2.20. The summed E-state index contributed by atoms with van der Waals surface area (Å²) in [7, 11) is 0.